The summed E-state index contributed by atoms with van der Waals surface area (Å²) in [5.41, 5.74) is 3.40. The summed E-state index contributed by atoms with van der Waals surface area (Å²) in [5, 5.41) is 3.84. The zero-order valence-electron chi connectivity index (χ0n) is 17.8. The Morgan fingerprint density at radius 3 is 2.16 bits per heavy atom. The maximum atomic E-state index is 13.5. The molecule has 0 aliphatic heterocycles. The molecule has 1 aliphatic rings. The number of carbonyl (C=O) groups excluding carboxylic acids is 2. The second kappa shape index (κ2) is 8.00. The van der Waals surface area contributed by atoms with Crippen LogP contribution in [-0.2, 0) is 14.9 Å². The van der Waals surface area contributed by atoms with Crippen molar-refractivity contribution in [2.75, 3.05) is 11.9 Å². The summed E-state index contributed by atoms with van der Waals surface area (Å²) in [6.45, 7) is 2.02. The highest BCUT2D eigenvalue weighted by Crippen LogP contribution is 2.59. The van der Waals surface area contributed by atoms with Crippen molar-refractivity contribution in [1.29, 1.82) is 0 Å². The summed E-state index contributed by atoms with van der Waals surface area (Å²) in [6.07, 6.45) is 0.712. The number of aromatic nitrogens is 1. The van der Waals surface area contributed by atoms with Gasteiger partial charge in [0.25, 0.3) is 0 Å². The third-order valence-electron chi connectivity index (χ3n) is 6.29. The van der Waals surface area contributed by atoms with Crippen molar-refractivity contribution < 1.29 is 14.3 Å². The fraction of sp³-hybridized carbons (Fsp3) is 0.185. The molecular weight excluding hydrogens is 400 g/mol. The topological polar surface area (TPSA) is 71.2 Å². The molecule has 1 atom stereocenters. The van der Waals surface area contributed by atoms with E-state index in [4.69, 9.17) is 4.74 Å². The first-order valence-electron chi connectivity index (χ1n) is 10.8. The monoisotopic (exact) mass is 424 g/mol. The van der Waals surface area contributed by atoms with Gasteiger partial charge in [0, 0.05) is 16.3 Å². The van der Waals surface area contributed by atoms with Crippen LogP contribution in [0.3, 0.4) is 0 Å². The number of esters is 1. The Kier molecular flexibility index (Phi) is 5.02. The van der Waals surface area contributed by atoms with Gasteiger partial charge in [0.05, 0.1) is 18.2 Å². The van der Waals surface area contributed by atoms with E-state index in [0.717, 1.165) is 22.0 Å². The third-order valence-corrected chi connectivity index (χ3v) is 6.29. The second-order valence-electron chi connectivity index (χ2n) is 8.09. The summed E-state index contributed by atoms with van der Waals surface area (Å²) >= 11 is 0. The van der Waals surface area contributed by atoms with Gasteiger partial charge in [-0.15, -0.1) is 0 Å². The van der Waals surface area contributed by atoms with Gasteiger partial charge in [-0.3, -0.25) is 4.79 Å². The van der Waals surface area contributed by atoms with Crippen LogP contribution in [0.5, 0.6) is 0 Å². The molecular formula is C27H24N2O3. The molecule has 5 heteroatoms. The number of ether oxygens (including phenoxy) is 1. The molecule has 160 valence electrons. The number of aromatic amines is 1. The van der Waals surface area contributed by atoms with Crippen molar-refractivity contribution in [3.8, 4) is 0 Å². The Balaban J connectivity index is 1.52. The Morgan fingerprint density at radius 2 is 1.53 bits per heavy atom. The minimum Gasteiger partial charge on any atom is -0.461 e. The van der Waals surface area contributed by atoms with E-state index in [2.05, 4.69) is 34.6 Å². The van der Waals surface area contributed by atoms with Crippen molar-refractivity contribution in [3.05, 3.63) is 102 Å². The fourth-order valence-electron chi connectivity index (χ4n) is 4.69. The van der Waals surface area contributed by atoms with E-state index in [-0.39, 0.29) is 29.5 Å². The SMILES string of the molecule is CCOC(=O)c1[nH]c2ccccc2c1NC(=O)C1CC1(c1ccccc1)c1ccccc1. The van der Waals surface area contributed by atoms with E-state index >= 15 is 0 Å². The summed E-state index contributed by atoms with van der Waals surface area (Å²) in [5.74, 6) is -0.823. The van der Waals surface area contributed by atoms with Crippen LogP contribution in [0.2, 0.25) is 0 Å². The molecule has 0 bridgehead atoms. The van der Waals surface area contributed by atoms with Crippen molar-refractivity contribution in [3.63, 3.8) is 0 Å². The van der Waals surface area contributed by atoms with Gasteiger partial charge in [-0.2, -0.15) is 0 Å². The number of anilines is 1. The van der Waals surface area contributed by atoms with E-state index in [0.29, 0.717) is 12.1 Å². The van der Waals surface area contributed by atoms with Crippen molar-refractivity contribution in [2.24, 2.45) is 5.92 Å². The van der Waals surface area contributed by atoms with Gasteiger partial charge in [-0.05, 0) is 30.5 Å². The highest BCUT2D eigenvalue weighted by atomic mass is 16.5. The van der Waals surface area contributed by atoms with Gasteiger partial charge in [0.2, 0.25) is 5.91 Å². The largest absolute Gasteiger partial charge is 0.461 e. The first-order valence-corrected chi connectivity index (χ1v) is 10.8. The zero-order valence-corrected chi connectivity index (χ0v) is 17.8. The quantitative estimate of drug-likeness (QED) is 0.413. The Bertz CT molecular complexity index is 1240. The molecule has 1 unspecified atom stereocenters. The molecule has 0 radical (unpaired) electrons. The van der Waals surface area contributed by atoms with E-state index in [1.807, 2.05) is 60.7 Å². The number of benzene rings is 3. The summed E-state index contributed by atoms with van der Waals surface area (Å²) in [7, 11) is 0. The second-order valence-corrected chi connectivity index (χ2v) is 8.09. The lowest BCUT2D eigenvalue weighted by molar-refractivity contribution is -0.117. The molecule has 3 aromatic carbocycles. The van der Waals surface area contributed by atoms with Crippen LogP contribution in [0.1, 0.15) is 35.0 Å². The summed E-state index contributed by atoms with van der Waals surface area (Å²) in [4.78, 5) is 29.2. The highest BCUT2D eigenvalue weighted by molar-refractivity contribution is 6.12. The van der Waals surface area contributed by atoms with Crippen LogP contribution in [0.4, 0.5) is 5.69 Å². The summed E-state index contributed by atoms with van der Waals surface area (Å²) in [6, 6.07) is 27.8. The van der Waals surface area contributed by atoms with Crippen LogP contribution in [0.15, 0.2) is 84.9 Å². The smallest absolute Gasteiger partial charge is 0.356 e. The molecule has 4 aromatic rings. The molecule has 1 fully saturated rings. The van der Waals surface area contributed by atoms with Crippen LogP contribution in [-0.4, -0.2) is 23.5 Å². The lowest BCUT2D eigenvalue weighted by Gasteiger charge is -2.19. The maximum Gasteiger partial charge on any atom is 0.356 e. The van der Waals surface area contributed by atoms with Gasteiger partial charge in [0.15, 0.2) is 0 Å². The predicted octanol–water partition coefficient (Wildman–Crippen LogP) is 5.29. The number of hydrogen-bond donors (Lipinski definition) is 2. The van der Waals surface area contributed by atoms with E-state index in [9.17, 15) is 9.59 Å². The number of H-pyrrole nitrogens is 1. The zero-order chi connectivity index (χ0) is 22.1. The molecule has 0 spiro atoms. The number of nitrogens with one attached hydrogen (secondary N) is 2. The Hall–Kier alpha value is -3.86. The average Bonchev–Trinajstić information content (AvgIpc) is 3.51. The van der Waals surface area contributed by atoms with Gasteiger partial charge in [0.1, 0.15) is 5.69 Å². The number of para-hydroxylation sites is 1. The number of carbonyl (C=O) groups is 2. The standard InChI is InChI=1S/C27H24N2O3/c1-2-32-26(31)24-23(20-15-9-10-16-22(20)28-24)29-25(30)21-17-27(21,18-11-5-3-6-12-18)19-13-7-4-8-14-19/h3-16,21,28H,2,17H2,1H3,(H,29,30). The molecule has 1 saturated carbocycles. The fourth-order valence-corrected chi connectivity index (χ4v) is 4.69. The van der Waals surface area contributed by atoms with E-state index < -0.39 is 5.97 Å². The third kappa shape index (κ3) is 3.26. The first-order chi connectivity index (χ1) is 15.6. The number of fused-ring (bicyclic) bond motifs is 1. The van der Waals surface area contributed by atoms with Crippen molar-refractivity contribution in [1.82, 2.24) is 4.98 Å². The van der Waals surface area contributed by atoms with Gasteiger partial charge in [-0.25, -0.2) is 4.79 Å². The molecule has 2 N–H and O–H groups in total. The maximum absolute atomic E-state index is 13.5. The number of rotatable bonds is 6. The highest BCUT2D eigenvalue weighted by Gasteiger charge is 2.60. The van der Waals surface area contributed by atoms with Crippen molar-refractivity contribution in [2.45, 2.75) is 18.8 Å². The molecule has 1 amide bonds. The average molecular weight is 425 g/mol. The molecule has 1 aromatic heterocycles. The predicted molar refractivity (Wildman–Crippen MR) is 125 cm³/mol. The minimum atomic E-state index is -0.479. The molecule has 0 saturated heterocycles. The lowest BCUT2D eigenvalue weighted by atomic mass is 9.85. The lowest BCUT2D eigenvalue weighted by Crippen LogP contribution is -2.23. The van der Waals surface area contributed by atoms with Crippen LogP contribution in [0, 0.1) is 5.92 Å². The van der Waals surface area contributed by atoms with E-state index in [1.54, 1.807) is 6.92 Å². The van der Waals surface area contributed by atoms with Crippen LogP contribution >= 0.6 is 0 Å². The van der Waals surface area contributed by atoms with Gasteiger partial charge >= 0.3 is 5.97 Å². The van der Waals surface area contributed by atoms with Crippen molar-refractivity contribution >= 4 is 28.5 Å². The van der Waals surface area contributed by atoms with Crippen LogP contribution < -0.4 is 5.32 Å². The Labute approximate surface area is 186 Å². The van der Waals surface area contributed by atoms with Crippen LogP contribution in [0.25, 0.3) is 10.9 Å². The normalized spacial score (nSPS) is 16.5. The molecule has 1 aliphatic carbocycles. The molecule has 1 heterocycles. The summed E-state index contributed by atoms with van der Waals surface area (Å²) < 4.78 is 5.21. The number of amides is 1. The van der Waals surface area contributed by atoms with Gasteiger partial charge < -0.3 is 15.0 Å². The molecule has 5 rings (SSSR count). The minimum absolute atomic E-state index is 0.104. The molecule has 5 nitrogen and oxygen atoms in total. The van der Waals surface area contributed by atoms with Gasteiger partial charge in [-0.1, -0.05) is 78.9 Å². The number of hydrogen-bond acceptors (Lipinski definition) is 3. The van der Waals surface area contributed by atoms with E-state index in [1.165, 1.54) is 0 Å². The first kappa shape index (κ1) is 20.1. The Morgan fingerprint density at radius 1 is 0.938 bits per heavy atom. The molecule has 32 heavy (non-hydrogen) atoms.